The number of pyridine rings is 1. The third-order valence-electron chi connectivity index (χ3n) is 2.78. The molecule has 0 unspecified atom stereocenters. The molecule has 3 N–H and O–H groups in total. The lowest BCUT2D eigenvalue weighted by Gasteiger charge is -2.05. The average molecular weight is 318 g/mol. The van der Waals surface area contributed by atoms with Crippen molar-refractivity contribution in [2.45, 2.75) is 6.61 Å². The predicted molar refractivity (Wildman–Crippen MR) is 87.3 cm³/mol. The number of amides is 1. The van der Waals surface area contributed by atoms with Crippen molar-refractivity contribution in [1.29, 1.82) is 0 Å². The van der Waals surface area contributed by atoms with Crippen LogP contribution < -0.4 is 11.1 Å². The molecule has 0 bridgehead atoms. The Morgan fingerprint density at radius 3 is 2.86 bits per heavy atom. The van der Waals surface area contributed by atoms with Crippen LogP contribution in [0.1, 0.15) is 11.1 Å². The lowest BCUT2D eigenvalue weighted by molar-refractivity contribution is 0.141. The van der Waals surface area contributed by atoms with Crippen molar-refractivity contribution < 1.29 is 9.53 Å². The summed E-state index contributed by atoms with van der Waals surface area (Å²) in [4.78, 5) is 15.5. The zero-order chi connectivity index (χ0) is 15.8. The number of benzene rings is 1. The highest BCUT2D eigenvalue weighted by Crippen LogP contribution is 2.17. The number of nitrogen functional groups attached to an aromatic ring is 1. The molecule has 114 valence electrons. The molecule has 1 heterocycles. The van der Waals surface area contributed by atoms with E-state index in [1.165, 1.54) is 0 Å². The van der Waals surface area contributed by atoms with Gasteiger partial charge < -0.3 is 15.8 Å². The summed E-state index contributed by atoms with van der Waals surface area (Å²) in [5, 5.41) is 3.13. The number of carbonyl (C=O) groups excluding carboxylic acids is 1. The molecule has 0 fully saturated rings. The first-order chi connectivity index (χ1) is 10.6. The minimum Gasteiger partial charge on any atom is -0.445 e. The first-order valence-electron chi connectivity index (χ1n) is 6.67. The summed E-state index contributed by atoms with van der Waals surface area (Å²) in [5.74, 6) is 0.366. The van der Waals surface area contributed by atoms with Gasteiger partial charge in [-0.05, 0) is 11.6 Å². The Labute approximate surface area is 133 Å². The van der Waals surface area contributed by atoms with Gasteiger partial charge in [0.2, 0.25) is 0 Å². The Morgan fingerprint density at radius 2 is 2.14 bits per heavy atom. The number of ether oxygens (including phenoxy) is 1. The van der Waals surface area contributed by atoms with Crippen LogP contribution in [-0.4, -0.2) is 17.6 Å². The molecule has 0 spiro atoms. The second kappa shape index (κ2) is 8.05. The number of rotatable bonds is 5. The Morgan fingerprint density at radius 1 is 1.36 bits per heavy atom. The maximum atomic E-state index is 11.5. The molecule has 5 nitrogen and oxygen atoms in total. The van der Waals surface area contributed by atoms with Gasteiger partial charge in [0.1, 0.15) is 12.4 Å². The molecular weight excluding hydrogens is 302 g/mol. The molecule has 2 aromatic rings. The number of nitrogens with one attached hydrogen (secondary N) is 1. The summed E-state index contributed by atoms with van der Waals surface area (Å²) in [6.45, 7) is 0.568. The van der Waals surface area contributed by atoms with E-state index in [1.54, 1.807) is 24.4 Å². The molecule has 0 aliphatic heterocycles. The van der Waals surface area contributed by atoms with Crippen molar-refractivity contribution in [1.82, 2.24) is 10.3 Å². The Kier molecular flexibility index (Phi) is 5.80. The fourth-order valence-electron chi connectivity index (χ4n) is 1.68. The SMILES string of the molecule is Nc1cc(Cl)c(C=CCNC(=O)OCc2ccccc2)cn1. The van der Waals surface area contributed by atoms with E-state index in [1.807, 2.05) is 30.3 Å². The quantitative estimate of drug-likeness (QED) is 0.887. The third kappa shape index (κ3) is 5.10. The van der Waals surface area contributed by atoms with E-state index >= 15 is 0 Å². The largest absolute Gasteiger partial charge is 0.445 e. The van der Waals surface area contributed by atoms with Gasteiger partial charge in [-0.1, -0.05) is 54.1 Å². The van der Waals surface area contributed by atoms with Crippen molar-refractivity contribution in [2.24, 2.45) is 0 Å². The van der Waals surface area contributed by atoms with Crippen LogP contribution in [0.2, 0.25) is 5.02 Å². The van der Waals surface area contributed by atoms with E-state index in [0.29, 0.717) is 17.4 Å². The number of carbonyl (C=O) groups is 1. The highest BCUT2D eigenvalue weighted by molar-refractivity contribution is 6.32. The van der Waals surface area contributed by atoms with Crippen molar-refractivity contribution >= 4 is 29.6 Å². The molecule has 0 saturated heterocycles. The number of hydrogen-bond acceptors (Lipinski definition) is 4. The standard InChI is InChI=1S/C16H16ClN3O2/c17-14-9-15(18)20-10-13(14)7-4-8-19-16(21)22-11-12-5-2-1-3-6-12/h1-7,9-10H,8,11H2,(H2,18,20)(H,19,21). The summed E-state index contributed by atoms with van der Waals surface area (Å²) in [6.07, 6.45) is 4.60. The van der Waals surface area contributed by atoms with E-state index in [-0.39, 0.29) is 6.61 Å². The summed E-state index contributed by atoms with van der Waals surface area (Å²) < 4.78 is 5.08. The summed E-state index contributed by atoms with van der Waals surface area (Å²) in [7, 11) is 0. The fraction of sp³-hybridized carbons (Fsp3) is 0.125. The molecule has 0 atom stereocenters. The lowest BCUT2D eigenvalue weighted by Crippen LogP contribution is -2.24. The average Bonchev–Trinajstić information content (AvgIpc) is 2.52. The van der Waals surface area contributed by atoms with E-state index in [9.17, 15) is 4.79 Å². The van der Waals surface area contributed by atoms with Crippen LogP contribution in [-0.2, 0) is 11.3 Å². The number of nitrogens with zero attached hydrogens (tertiary/aromatic N) is 1. The van der Waals surface area contributed by atoms with Gasteiger partial charge in [0, 0.05) is 18.3 Å². The number of alkyl carbamates (subject to hydrolysis) is 1. The Balaban J connectivity index is 1.73. The van der Waals surface area contributed by atoms with Crippen LogP contribution >= 0.6 is 11.6 Å². The van der Waals surface area contributed by atoms with E-state index in [2.05, 4.69) is 10.3 Å². The fourth-order valence-corrected chi connectivity index (χ4v) is 1.90. The van der Waals surface area contributed by atoms with Gasteiger partial charge in [-0.3, -0.25) is 0 Å². The molecule has 6 heteroatoms. The maximum Gasteiger partial charge on any atom is 0.407 e. The van der Waals surface area contributed by atoms with Crippen molar-refractivity contribution in [3.8, 4) is 0 Å². The molecule has 0 aliphatic carbocycles. The van der Waals surface area contributed by atoms with Crippen LogP contribution in [0.5, 0.6) is 0 Å². The minimum atomic E-state index is -0.477. The maximum absolute atomic E-state index is 11.5. The number of hydrogen-bond donors (Lipinski definition) is 2. The zero-order valence-electron chi connectivity index (χ0n) is 11.8. The van der Waals surface area contributed by atoms with Crippen molar-refractivity contribution in [3.05, 3.63) is 64.8 Å². The van der Waals surface area contributed by atoms with Gasteiger partial charge in [-0.2, -0.15) is 0 Å². The molecule has 22 heavy (non-hydrogen) atoms. The minimum absolute atomic E-state index is 0.240. The second-order valence-electron chi connectivity index (χ2n) is 4.48. The Hall–Kier alpha value is -2.53. The molecule has 2 rings (SSSR count). The highest BCUT2D eigenvalue weighted by atomic mass is 35.5. The van der Waals surface area contributed by atoms with Crippen LogP contribution in [0.4, 0.5) is 10.6 Å². The lowest BCUT2D eigenvalue weighted by atomic mass is 10.2. The van der Waals surface area contributed by atoms with E-state index in [4.69, 9.17) is 22.1 Å². The van der Waals surface area contributed by atoms with Gasteiger partial charge in [0.05, 0.1) is 5.02 Å². The number of halogens is 1. The molecular formula is C16H16ClN3O2. The molecule has 0 saturated carbocycles. The summed E-state index contributed by atoms with van der Waals surface area (Å²) in [6, 6.07) is 11.0. The number of anilines is 1. The molecule has 0 radical (unpaired) electrons. The van der Waals surface area contributed by atoms with Crippen molar-refractivity contribution in [2.75, 3.05) is 12.3 Å². The van der Waals surface area contributed by atoms with Gasteiger partial charge in [0.25, 0.3) is 0 Å². The normalized spacial score (nSPS) is 10.6. The topological polar surface area (TPSA) is 77.2 Å². The molecule has 1 aromatic heterocycles. The molecule has 1 aromatic carbocycles. The van der Waals surface area contributed by atoms with Crippen LogP contribution in [0.15, 0.2) is 48.7 Å². The van der Waals surface area contributed by atoms with Gasteiger partial charge in [0.15, 0.2) is 0 Å². The summed E-state index contributed by atoms with van der Waals surface area (Å²) in [5.41, 5.74) is 7.18. The van der Waals surface area contributed by atoms with Crippen molar-refractivity contribution in [3.63, 3.8) is 0 Å². The summed E-state index contributed by atoms with van der Waals surface area (Å²) >= 11 is 6.01. The van der Waals surface area contributed by atoms with Gasteiger partial charge in [-0.25, -0.2) is 9.78 Å². The van der Waals surface area contributed by atoms with Gasteiger partial charge >= 0.3 is 6.09 Å². The number of aromatic nitrogens is 1. The second-order valence-corrected chi connectivity index (χ2v) is 4.88. The zero-order valence-corrected chi connectivity index (χ0v) is 12.6. The monoisotopic (exact) mass is 317 g/mol. The molecule has 0 aliphatic rings. The van der Waals surface area contributed by atoms with Crippen LogP contribution in [0, 0.1) is 0 Å². The van der Waals surface area contributed by atoms with E-state index in [0.717, 1.165) is 11.1 Å². The van der Waals surface area contributed by atoms with E-state index < -0.39 is 6.09 Å². The highest BCUT2D eigenvalue weighted by Gasteiger charge is 2.01. The first kappa shape index (κ1) is 15.9. The number of nitrogens with two attached hydrogens (primary N) is 1. The van der Waals surface area contributed by atoms with Crippen LogP contribution in [0.3, 0.4) is 0 Å². The third-order valence-corrected chi connectivity index (χ3v) is 3.10. The predicted octanol–water partition coefficient (Wildman–Crippen LogP) is 3.26. The van der Waals surface area contributed by atoms with Crippen LogP contribution in [0.25, 0.3) is 6.08 Å². The molecule has 1 amide bonds. The Bertz CT molecular complexity index is 660. The van der Waals surface area contributed by atoms with Gasteiger partial charge in [-0.15, -0.1) is 0 Å². The first-order valence-corrected chi connectivity index (χ1v) is 7.05. The smallest absolute Gasteiger partial charge is 0.407 e.